The molecule has 0 amide bonds. The van der Waals surface area contributed by atoms with Crippen molar-refractivity contribution in [3.63, 3.8) is 0 Å². The van der Waals surface area contributed by atoms with Crippen molar-refractivity contribution in [3.8, 4) is 39.9 Å². The van der Waals surface area contributed by atoms with Crippen LogP contribution in [0.3, 0.4) is 0 Å². The van der Waals surface area contributed by atoms with Gasteiger partial charge in [-0.25, -0.2) is 9.07 Å². The molecule has 0 aliphatic heterocycles. The highest BCUT2D eigenvalue weighted by atomic mass is 19.1. The third-order valence-electron chi connectivity index (χ3n) is 6.95. The SMILES string of the molecule is O=C(O)C1CCC[C@H]1NCc1ccc(-c2noc(-c3nnn(-c4ccccc4F)c3-c3ccncc3)n2)cc1. The molecule has 1 fully saturated rings. The zero-order valence-electron chi connectivity index (χ0n) is 20.7. The number of carboxylic acid groups (broad SMARTS) is 1. The van der Waals surface area contributed by atoms with Gasteiger partial charge >= 0.3 is 5.97 Å². The molecule has 1 unspecified atom stereocenters. The standard InChI is InChI=1S/C28H24FN7O3/c29-21-5-1-2-7-23(21)36-25(18-12-14-30-15-13-18)24(33-35-36)27-32-26(34-39-27)19-10-8-17(9-11-19)16-31-22-6-3-4-20(22)28(37)38/h1-2,5,7-15,20,22,31H,3-4,6,16H2,(H,37,38)/t20?,22-/m1/s1. The first-order valence-electron chi connectivity index (χ1n) is 12.6. The van der Waals surface area contributed by atoms with Gasteiger partial charge in [0.05, 0.1) is 5.92 Å². The number of carboxylic acids is 1. The molecule has 10 nitrogen and oxygen atoms in total. The summed E-state index contributed by atoms with van der Waals surface area (Å²) in [6.45, 7) is 0.570. The van der Waals surface area contributed by atoms with Crippen molar-refractivity contribution in [3.05, 3.63) is 84.4 Å². The molecule has 196 valence electrons. The lowest BCUT2D eigenvalue weighted by molar-refractivity contribution is -0.142. The van der Waals surface area contributed by atoms with E-state index in [0.29, 0.717) is 35.7 Å². The molecule has 0 spiro atoms. The van der Waals surface area contributed by atoms with E-state index in [9.17, 15) is 14.3 Å². The number of nitrogens with zero attached hydrogens (tertiary/aromatic N) is 6. The molecule has 2 atom stereocenters. The number of rotatable bonds is 8. The number of aromatic nitrogens is 6. The van der Waals surface area contributed by atoms with Crippen LogP contribution in [0.15, 0.2) is 77.6 Å². The molecule has 3 aromatic heterocycles. The van der Waals surface area contributed by atoms with Crippen LogP contribution in [0.25, 0.3) is 39.9 Å². The van der Waals surface area contributed by atoms with Gasteiger partial charge in [-0.2, -0.15) is 4.98 Å². The van der Waals surface area contributed by atoms with Gasteiger partial charge in [-0.05, 0) is 42.7 Å². The highest BCUT2D eigenvalue weighted by molar-refractivity contribution is 5.76. The van der Waals surface area contributed by atoms with Gasteiger partial charge in [-0.15, -0.1) is 5.10 Å². The predicted octanol–water partition coefficient (Wildman–Crippen LogP) is 4.53. The second-order valence-corrected chi connectivity index (χ2v) is 9.37. The lowest BCUT2D eigenvalue weighted by Gasteiger charge is -2.17. The van der Waals surface area contributed by atoms with E-state index >= 15 is 0 Å². The summed E-state index contributed by atoms with van der Waals surface area (Å²) in [5, 5.41) is 25.4. The lowest BCUT2D eigenvalue weighted by Crippen LogP contribution is -2.35. The third-order valence-corrected chi connectivity index (χ3v) is 6.95. The fourth-order valence-electron chi connectivity index (χ4n) is 4.94. The van der Waals surface area contributed by atoms with E-state index in [4.69, 9.17) is 4.52 Å². The van der Waals surface area contributed by atoms with E-state index in [-0.39, 0.29) is 23.5 Å². The summed E-state index contributed by atoms with van der Waals surface area (Å²) in [6.07, 6.45) is 5.75. The maximum Gasteiger partial charge on any atom is 0.308 e. The molecule has 0 bridgehead atoms. The van der Waals surface area contributed by atoms with E-state index in [1.54, 1.807) is 42.7 Å². The average molecular weight is 526 g/mol. The molecule has 39 heavy (non-hydrogen) atoms. The Balaban J connectivity index is 1.26. The maximum atomic E-state index is 14.7. The van der Waals surface area contributed by atoms with Crippen molar-refractivity contribution >= 4 is 5.97 Å². The Labute approximate surface area is 222 Å². The highest BCUT2D eigenvalue weighted by Crippen LogP contribution is 2.33. The van der Waals surface area contributed by atoms with Crippen LogP contribution in [0.1, 0.15) is 24.8 Å². The Hall–Kier alpha value is -4.77. The smallest absolute Gasteiger partial charge is 0.308 e. The Morgan fingerprint density at radius 3 is 2.62 bits per heavy atom. The largest absolute Gasteiger partial charge is 0.481 e. The number of hydrogen-bond donors (Lipinski definition) is 2. The summed E-state index contributed by atoms with van der Waals surface area (Å²) in [5.41, 5.74) is 3.51. The molecule has 6 rings (SSSR count). The Morgan fingerprint density at radius 1 is 1.05 bits per heavy atom. The van der Waals surface area contributed by atoms with Crippen LogP contribution in [0, 0.1) is 11.7 Å². The van der Waals surface area contributed by atoms with Crippen LogP contribution >= 0.6 is 0 Å². The van der Waals surface area contributed by atoms with Gasteiger partial charge < -0.3 is 14.9 Å². The molecule has 11 heteroatoms. The highest BCUT2D eigenvalue weighted by Gasteiger charge is 2.32. The molecule has 1 aliphatic carbocycles. The second kappa shape index (κ2) is 10.5. The number of benzene rings is 2. The number of para-hydroxylation sites is 1. The minimum Gasteiger partial charge on any atom is -0.481 e. The van der Waals surface area contributed by atoms with E-state index < -0.39 is 11.8 Å². The van der Waals surface area contributed by atoms with E-state index in [1.165, 1.54) is 10.7 Å². The van der Waals surface area contributed by atoms with Crippen molar-refractivity contribution < 1.29 is 18.8 Å². The number of aliphatic carboxylic acids is 1. The van der Waals surface area contributed by atoms with Crippen molar-refractivity contribution in [1.29, 1.82) is 0 Å². The van der Waals surface area contributed by atoms with Crippen molar-refractivity contribution in [1.82, 2.24) is 35.4 Å². The first-order chi connectivity index (χ1) is 19.1. The van der Waals surface area contributed by atoms with Gasteiger partial charge in [-0.3, -0.25) is 9.78 Å². The molecular weight excluding hydrogens is 501 g/mol. The normalized spacial score (nSPS) is 16.9. The first kappa shape index (κ1) is 24.6. The molecular formula is C28H24FN7O3. The van der Waals surface area contributed by atoms with Crippen molar-refractivity contribution in [2.45, 2.75) is 31.8 Å². The molecule has 2 N–H and O–H groups in total. The number of halogens is 1. The molecule has 1 aliphatic rings. The minimum absolute atomic E-state index is 0.0192. The van der Waals surface area contributed by atoms with Crippen molar-refractivity contribution in [2.75, 3.05) is 0 Å². The van der Waals surface area contributed by atoms with Gasteiger partial charge in [0, 0.05) is 36.1 Å². The third kappa shape index (κ3) is 4.91. The van der Waals surface area contributed by atoms with Gasteiger partial charge in [0.1, 0.15) is 17.2 Å². The van der Waals surface area contributed by atoms with Gasteiger partial charge in [-0.1, -0.05) is 53.2 Å². The van der Waals surface area contributed by atoms with Crippen LogP contribution in [-0.2, 0) is 11.3 Å². The Kier molecular flexibility index (Phi) is 6.64. The number of pyridine rings is 1. The molecule has 2 aromatic carbocycles. The summed E-state index contributed by atoms with van der Waals surface area (Å²) >= 11 is 0. The van der Waals surface area contributed by atoms with Gasteiger partial charge in [0.25, 0.3) is 5.89 Å². The summed E-state index contributed by atoms with van der Waals surface area (Å²) in [7, 11) is 0. The van der Waals surface area contributed by atoms with E-state index in [0.717, 1.165) is 24.0 Å². The lowest BCUT2D eigenvalue weighted by atomic mass is 10.0. The molecule has 0 radical (unpaired) electrons. The summed E-state index contributed by atoms with van der Waals surface area (Å²) in [4.78, 5) is 20.0. The summed E-state index contributed by atoms with van der Waals surface area (Å²) < 4.78 is 21.6. The van der Waals surface area contributed by atoms with Gasteiger partial charge in [0.2, 0.25) is 5.82 Å². The van der Waals surface area contributed by atoms with E-state index in [1.807, 2.05) is 24.3 Å². The first-order valence-corrected chi connectivity index (χ1v) is 12.6. The summed E-state index contributed by atoms with van der Waals surface area (Å²) in [6, 6.07) is 17.5. The Bertz CT molecular complexity index is 1600. The summed E-state index contributed by atoms with van der Waals surface area (Å²) in [5.74, 6) is -1.01. The quantitative estimate of drug-likeness (QED) is 0.300. The van der Waals surface area contributed by atoms with Crippen LogP contribution in [0.5, 0.6) is 0 Å². The number of nitrogens with one attached hydrogen (secondary N) is 1. The topological polar surface area (TPSA) is 132 Å². The van der Waals surface area contributed by atoms with Crippen LogP contribution in [0.2, 0.25) is 0 Å². The molecule has 5 aromatic rings. The van der Waals surface area contributed by atoms with Crippen LogP contribution in [0.4, 0.5) is 4.39 Å². The number of carbonyl (C=O) groups is 1. The minimum atomic E-state index is -0.741. The predicted molar refractivity (Wildman–Crippen MR) is 139 cm³/mol. The Morgan fingerprint density at radius 2 is 1.85 bits per heavy atom. The zero-order valence-corrected chi connectivity index (χ0v) is 20.7. The average Bonchev–Trinajstić information content (AvgIpc) is 3.73. The van der Waals surface area contributed by atoms with Crippen molar-refractivity contribution in [2.24, 2.45) is 5.92 Å². The zero-order chi connectivity index (χ0) is 26.8. The van der Waals surface area contributed by atoms with Crippen LogP contribution < -0.4 is 5.32 Å². The number of hydrogen-bond acceptors (Lipinski definition) is 8. The molecule has 1 saturated carbocycles. The maximum absolute atomic E-state index is 14.7. The fraction of sp³-hybridized carbons (Fsp3) is 0.214. The van der Waals surface area contributed by atoms with Gasteiger partial charge in [0.15, 0.2) is 5.69 Å². The molecule has 3 heterocycles. The second-order valence-electron chi connectivity index (χ2n) is 9.37. The fourth-order valence-corrected chi connectivity index (χ4v) is 4.94. The molecule has 0 saturated heterocycles. The van der Waals surface area contributed by atoms with E-state index in [2.05, 4.69) is 30.8 Å². The monoisotopic (exact) mass is 525 g/mol. The van der Waals surface area contributed by atoms with Crippen LogP contribution in [-0.4, -0.2) is 47.2 Å².